The van der Waals surface area contributed by atoms with Crippen molar-refractivity contribution >= 4 is 20.9 Å². The molecule has 1 N–H and O–H groups in total. The van der Waals surface area contributed by atoms with Gasteiger partial charge in [-0.05, 0) is 61.4 Å². The van der Waals surface area contributed by atoms with Crippen LogP contribution >= 0.6 is 0 Å². The van der Waals surface area contributed by atoms with Gasteiger partial charge in [-0.3, -0.25) is 4.79 Å². The molecule has 5 nitrogen and oxygen atoms in total. The molecule has 1 fully saturated rings. The Bertz CT molecular complexity index is 1190. The fraction of sp³-hybridized carbons (Fsp3) is 0.348. The van der Waals surface area contributed by atoms with Crippen LogP contribution in [0.2, 0.25) is 0 Å². The number of fused-ring (bicyclic) bond motifs is 1. The van der Waals surface area contributed by atoms with Gasteiger partial charge < -0.3 is 4.98 Å². The standard InChI is InChI=1S/C23H26N2O3S/c1-16-12-13-18-14-19(23(26)24-22(18)17(16)2)15-25(20-8-6-7-9-20)29(27,28)21-10-4-3-5-11-21/h3-5,10-14,20H,6-9,15H2,1-2H3,(H,24,26). The molecular weight excluding hydrogens is 384 g/mol. The van der Waals surface area contributed by atoms with E-state index in [0.717, 1.165) is 47.7 Å². The predicted molar refractivity (Wildman–Crippen MR) is 115 cm³/mol. The lowest BCUT2D eigenvalue weighted by Gasteiger charge is -2.28. The van der Waals surface area contributed by atoms with Gasteiger partial charge in [-0.25, -0.2) is 8.42 Å². The molecule has 0 radical (unpaired) electrons. The van der Waals surface area contributed by atoms with Crippen LogP contribution in [0.3, 0.4) is 0 Å². The van der Waals surface area contributed by atoms with Gasteiger partial charge in [0.2, 0.25) is 10.0 Å². The first kappa shape index (κ1) is 19.9. The Kier molecular flexibility index (Phi) is 5.32. The first-order valence-electron chi connectivity index (χ1n) is 10.1. The molecule has 0 amide bonds. The molecule has 1 aromatic heterocycles. The van der Waals surface area contributed by atoms with Crippen molar-refractivity contribution in [2.45, 2.75) is 57.0 Å². The third kappa shape index (κ3) is 3.74. The zero-order valence-corrected chi connectivity index (χ0v) is 17.6. The van der Waals surface area contributed by atoms with Crippen LogP contribution in [-0.4, -0.2) is 23.7 Å². The molecule has 1 aliphatic rings. The van der Waals surface area contributed by atoms with Gasteiger partial charge in [0.05, 0.1) is 10.4 Å². The minimum absolute atomic E-state index is 0.0740. The summed E-state index contributed by atoms with van der Waals surface area (Å²) in [5.41, 5.74) is 3.22. The molecule has 29 heavy (non-hydrogen) atoms. The highest BCUT2D eigenvalue weighted by molar-refractivity contribution is 7.89. The van der Waals surface area contributed by atoms with Crippen molar-refractivity contribution in [3.05, 3.63) is 75.6 Å². The Morgan fingerprint density at radius 1 is 1.03 bits per heavy atom. The molecule has 0 saturated heterocycles. The van der Waals surface area contributed by atoms with Gasteiger partial charge in [-0.15, -0.1) is 0 Å². The first-order chi connectivity index (χ1) is 13.9. The molecule has 1 saturated carbocycles. The SMILES string of the molecule is Cc1ccc2cc(CN(C3CCCC3)S(=O)(=O)c3ccccc3)c(=O)[nH]c2c1C. The van der Waals surface area contributed by atoms with Crippen molar-refractivity contribution in [1.29, 1.82) is 0 Å². The number of pyridine rings is 1. The van der Waals surface area contributed by atoms with Gasteiger partial charge in [-0.1, -0.05) is 43.2 Å². The fourth-order valence-corrected chi connectivity index (χ4v) is 5.87. The molecule has 1 aliphatic carbocycles. The number of hydrogen-bond donors (Lipinski definition) is 1. The second-order valence-corrected chi connectivity index (χ2v) is 9.79. The smallest absolute Gasteiger partial charge is 0.252 e. The van der Waals surface area contributed by atoms with Gasteiger partial charge in [-0.2, -0.15) is 4.31 Å². The number of sulfonamides is 1. The number of aryl methyl sites for hydroxylation is 2. The number of H-pyrrole nitrogens is 1. The third-order valence-corrected chi connectivity index (χ3v) is 7.95. The summed E-state index contributed by atoms with van der Waals surface area (Å²) in [4.78, 5) is 16.1. The van der Waals surface area contributed by atoms with E-state index in [1.54, 1.807) is 30.3 Å². The topological polar surface area (TPSA) is 70.2 Å². The minimum atomic E-state index is -3.69. The van der Waals surface area contributed by atoms with E-state index in [4.69, 9.17) is 0 Å². The molecule has 4 rings (SSSR count). The molecule has 2 aromatic carbocycles. The molecule has 0 atom stereocenters. The Balaban J connectivity index is 1.78. The number of rotatable bonds is 5. The van der Waals surface area contributed by atoms with Crippen molar-refractivity contribution in [2.75, 3.05) is 0 Å². The highest BCUT2D eigenvalue weighted by Gasteiger charge is 2.33. The summed E-state index contributed by atoms with van der Waals surface area (Å²) >= 11 is 0. The molecular formula is C23H26N2O3S. The lowest BCUT2D eigenvalue weighted by Crippen LogP contribution is -2.39. The second kappa shape index (κ2) is 7.76. The van der Waals surface area contributed by atoms with Gasteiger partial charge in [0.1, 0.15) is 0 Å². The maximum absolute atomic E-state index is 13.4. The molecule has 3 aromatic rings. The Morgan fingerprint density at radius 3 is 2.41 bits per heavy atom. The number of benzene rings is 2. The van der Waals surface area contributed by atoms with E-state index in [2.05, 4.69) is 4.98 Å². The van der Waals surface area contributed by atoms with Crippen molar-refractivity contribution in [2.24, 2.45) is 0 Å². The van der Waals surface area contributed by atoms with E-state index < -0.39 is 10.0 Å². The summed E-state index contributed by atoms with van der Waals surface area (Å²) in [7, 11) is -3.69. The van der Waals surface area contributed by atoms with E-state index in [1.165, 1.54) is 4.31 Å². The largest absolute Gasteiger partial charge is 0.321 e. The quantitative estimate of drug-likeness (QED) is 0.683. The van der Waals surface area contributed by atoms with Gasteiger partial charge in [0.25, 0.3) is 5.56 Å². The zero-order chi connectivity index (χ0) is 20.6. The number of nitrogens with zero attached hydrogens (tertiary/aromatic N) is 1. The van der Waals surface area contributed by atoms with Crippen LogP contribution in [0.4, 0.5) is 0 Å². The summed E-state index contributed by atoms with van der Waals surface area (Å²) in [5.74, 6) is 0. The molecule has 6 heteroatoms. The molecule has 0 aliphatic heterocycles. The van der Waals surface area contributed by atoms with Crippen LogP contribution in [0.25, 0.3) is 10.9 Å². The van der Waals surface area contributed by atoms with Crippen molar-refractivity contribution in [3.8, 4) is 0 Å². The maximum atomic E-state index is 13.4. The lowest BCUT2D eigenvalue weighted by atomic mass is 10.0. The normalized spacial score (nSPS) is 15.4. The van der Waals surface area contributed by atoms with E-state index in [-0.39, 0.29) is 23.0 Å². The molecule has 0 spiro atoms. The maximum Gasteiger partial charge on any atom is 0.252 e. The predicted octanol–water partition coefficient (Wildman–Crippen LogP) is 4.28. The highest BCUT2D eigenvalue weighted by Crippen LogP contribution is 2.30. The van der Waals surface area contributed by atoms with E-state index in [0.29, 0.717) is 5.56 Å². The van der Waals surface area contributed by atoms with Crippen molar-refractivity contribution < 1.29 is 8.42 Å². The second-order valence-electron chi connectivity index (χ2n) is 7.90. The van der Waals surface area contributed by atoms with Gasteiger partial charge >= 0.3 is 0 Å². The monoisotopic (exact) mass is 410 g/mol. The molecule has 1 heterocycles. The summed E-state index contributed by atoms with van der Waals surface area (Å²) in [6.07, 6.45) is 3.68. The number of nitrogens with one attached hydrogen (secondary N) is 1. The summed E-state index contributed by atoms with van der Waals surface area (Å²) in [6.45, 7) is 4.08. The van der Waals surface area contributed by atoms with Crippen LogP contribution in [0, 0.1) is 13.8 Å². The minimum Gasteiger partial charge on any atom is -0.321 e. The molecule has 152 valence electrons. The Morgan fingerprint density at radius 2 is 1.72 bits per heavy atom. The molecule has 0 bridgehead atoms. The van der Waals surface area contributed by atoms with Gasteiger partial charge in [0, 0.05) is 18.2 Å². The summed E-state index contributed by atoms with van der Waals surface area (Å²) < 4.78 is 28.4. The highest BCUT2D eigenvalue weighted by atomic mass is 32.2. The number of aromatic amines is 1. The fourth-order valence-electron chi connectivity index (χ4n) is 4.19. The average Bonchev–Trinajstić information content (AvgIpc) is 3.24. The van der Waals surface area contributed by atoms with E-state index in [9.17, 15) is 13.2 Å². The Hall–Kier alpha value is -2.44. The van der Waals surface area contributed by atoms with E-state index in [1.807, 2.05) is 32.0 Å². The summed E-state index contributed by atoms with van der Waals surface area (Å²) in [6, 6.07) is 14.3. The average molecular weight is 411 g/mol. The zero-order valence-electron chi connectivity index (χ0n) is 16.8. The van der Waals surface area contributed by atoms with Crippen LogP contribution in [-0.2, 0) is 16.6 Å². The van der Waals surface area contributed by atoms with Crippen LogP contribution in [0.15, 0.2) is 58.2 Å². The number of aromatic nitrogens is 1. The van der Waals surface area contributed by atoms with Crippen molar-refractivity contribution in [3.63, 3.8) is 0 Å². The van der Waals surface area contributed by atoms with Crippen LogP contribution < -0.4 is 5.56 Å². The lowest BCUT2D eigenvalue weighted by molar-refractivity contribution is 0.315. The van der Waals surface area contributed by atoms with Gasteiger partial charge in [0.15, 0.2) is 0 Å². The summed E-state index contributed by atoms with van der Waals surface area (Å²) in [5, 5.41) is 0.922. The first-order valence-corrected chi connectivity index (χ1v) is 11.5. The molecule has 0 unspecified atom stereocenters. The Labute approximate surface area is 171 Å². The van der Waals surface area contributed by atoms with Crippen LogP contribution in [0.1, 0.15) is 42.4 Å². The van der Waals surface area contributed by atoms with E-state index >= 15 is 0 Å². The number of hydrogen-bond acceptors (Lipinski definition) is 3. The van der Waals surface area contributed by atoms with Crippen LogP contribution in [0.5, 0.6) is 0 Å². The van der Waals surface area contributed by atoms with Crippen molar-refractivity contribution in [1.82, 2.24) is 9.29 Å². The third-order valence-electron chi connectivity index (χ3n) is 6.04.